The molecule has 0 saturated heterocycles. The van der Waals surface area contributed by atoms with Gasteiger partial charge in [-0.15, -0.1) is 0 Å². The Labute approximate surface area is 101 Å². The molecule has 1 rings (SSSR count). The Morgan fingerprint density at radius 3 is 2.29 bits per heavy atom. The molecule has 1 aliphatic carbocycles. The molecule has 7 heteroatoms. The number of aliphatic hydroxyl groups is 1. The van der Waals surface area contributed by atoms with Crippen LogP contribution in [0.2, 0.25) is 0 Å². The Balaban J connectivity index is 2.83. The molecular weight excluding hydrogens is 246 g/mol. The first kappa shape index (κ1) is 14.4. The molecule has 0 amide bonds. The number of rotatable bonds is 5. The summed E-state index contributed by atoms with van der Waals surface area (Å²) in [5.41, 5.74) is -0.874. The molecule has 6 nitrogen and oxygen atoms in total. The first-order valence-electron chi connectivity index (χ1n) is 5.69. The maximum Gasteiger partial charge on any atom is 0.323 e. The molecule has 0 aliphatic heterocycles. The van der Waals surface area contributed by atoms with Crippen molar-refractivity contribution in [2.45, 2.75) is 49.8 Å². The van der Waals surface area contributed by atoms with E-state index in [9.17, 15) is 18.3 Å². The van der Waals surface area contributed by atoms with Crippen molar-refractivity contribution in [1.82, 2.24) is 4.72 Å². The molecule has 1 aliphatic rings. The zero-order valence-electron chi connectivity index (χ0n) is 9.85. The summed E-state index contributed by atoms with van der Waals surface area (Å²) in [6.45, 7) is 0.830. The number of carboxylic acid groups (broad SMARTS) is 1. The quantitative estimate of drug-likeness (QED) is 0.653. The van der Waals surface area contributed by atoms with Crippen molar-refractivity contribution >= 4 is 16.0 Å². The minimum Gasteiger partial charge on any atom is -0.480 e. The highest BCUT2D eigenvalue weighted by molar-refractivity contribution is 7.90. The predicted molar refractivity (Wildman–Crippen MR) is 62.1 cm³/mol. The lowest BCUT2D eigenvalue weighted by atomic mass is 9.83. The SMILES string of the molecule is CC(C(=O)O)S(=O)(=O)NC1(CO)CCCCC1. The van der Waals surface area contributed by atoms with Gasteiger partial charge in [0.25, 0.3) is 0 Å². The van der Waals surface area contributed by atoms with E-state index in [1.807, 2.05) is 0 Å². The van der Waals surface area contributed by atoms with Crippen LogP contribution in [0.3, 0.4) is 0 Å². The van der Waals surface area contributed by atoms with Gasteiger partial charge in [-0.2, -0.15) is 0 Å². The third-order valence-electron chi connectivity index (χ3n) is 3.29. The number of aliphatic hydroxyl groups excluding tert-OH is 1. The molecular formula is C10H19NO5S. The normalized spacial score (nSPS) is 22.0. The van der Waals surface area contributed by atoms with E-state index in [1.165, 1.54) is 0 Å². The highest BCUT2D eigenvalue weighted by Gasteiger charge is 2.39. The maximum absolute atomic E-state index is 11.8. The van der Waals surface area contributed by atoms with Gasteiger partial charge >= 0.3 is 5.97 Å². The monoisotopic (exact) mass is 265 g/mol. The molecule has 0 aromatic heterocycles. The van der Waals surface area contributed by atoms with Gasteiger partial charge in [-0.1, -0.05) is 19.3 Å². The molecule has 1 atom stereocenters. The number of sulfonamides is 1. The van der Waals surface area contributed by atoms with Crippen molar-refractivity contribution in [3.63, 3.8) is 0 Å². The van der Waals surface area contributed by atoms with E-state index in [4.69, 9.17) is 5.11 Å². The Kier molecular flexibility index (Phi) is 4.51. The van der Waals surface area contributed by atoms with Gasteiger partial charge < -0.3 is 10.2 Å². The maximum atomic E-state index is 11.8. The predicted octanol–water partition coefficient (Wildman–Crippen LogP) is 0.0741. The summed E-state index contributed by atoms with van der Waals surface area (Å²) in [6.07, 6.45) is 3.79. The molecule has 1 unspecified atom stereocenters. The fourth-order valence-corrected chi connectivity index (χ4v) is 3.36. The van der Waals surface area contributed by atoms with Gasteiger partial charge in [0.2, 0.25) is 10.0 Å². The third kappa shape index (κ3) is 3.40. The first-order valence-corrected chi connectivity index (χ1v) is 7.24. The van der Waals surface area contributed by atoms with E-state index in [0.29, 0.717) is 12.8 Å². The van der Waals surface area contributed by atoms with E-state index in [2.05, 4.69) is 4.72 Å². The van der Waals surface area contributed by atoms with E-state index in [-0.39, 0.29) is 6.61 Å². The van der Waals surface area contributed by atoms with Crippen LogP contribution in [0.5, 0.6) is 0 Å². The third-order valence-corrected chi connectivity index (χ3v) is 5.14. The van der Waals surface area contributed by atoms with Crippen molar-refractivity contribution in [2.24, 2.45) is 0 Å². The molecule has 100 valence electrons. The zero-order chi connectivity index (χ0) is 13.1. The molecule has 0 radical (unpaired) electrons. The van der Waals surface area contributed by atoms with Crippen molar-refractivity contribution in [3.05, 3.63) is 0 Å². The summed E-state index contributed by atoms with van der Waals surface area (Å²) in [4.78, 5) is 10.7. The lowest BCUT2D eigenvalue weighted by molar-refractivity contribution is -0.136. The number of carboxylic acids is 1. The van der Waals surface area contributed by atoms with E-state index in [0.717, 1.165) is 26.2 Å². The average Bonchev–Trinajstić information content (AvgIpc) is 2.28. The molecule has 3 N–H and O–H groups in total. The second-order valence-electron chi connectivity index (χ2n) is 4.63. The van der Waals surface area contributed by atoms with Gasteiger partial charge in [-0.05, 0) is 19.8 Å². The van der Waals surface area contributed by atoms with E-state index in [1.54, 1.807) is 0 Å². The van der Waals surface area contributed by atoms with Crippen LogP contribution in [-0.4, -0.2) is 42.0 Å². The molecule has 0 aromatic rings. The summed E-state index contributed by atoms with van der Waals surface area (Å²) < 4.78 is 26.0. The first-order chi connectivity index (χ1) is 7.83. The molecule has 0 spiro atoms. The van der Waals surface area contributed by atoms with Crippen molar-refractivity contribution in [2.75, 3.05) is 6.61 Å². The highest BCUT2D eigenvalue weighted by Crippen LogP contribution is 2.28. The average molecular weight is 265 g/mol. The smallest absolute Gasteiger partial charge is 0.323 e. The van der Waals surface area contributed by atoms with Gasteiger partial charge in [0, 0.05) is 0 Å². The minimum absolute atomic E-state index is 0.293. The van der Waals surface area contributed by atoms with Crippen LogP contribution >= 0.6 is 0 Å². The summed E-state index contributed by atoms with van der Waals surface area (Å²) in [5, 5.41) is 16.6. The lowest BCUT2D eigenvalue weighted by Gasteiger charge is -2.36. The van der Waals surface area contributed by atoms with Crippen molar-refractivity contribution < 1.29 is 23.4 Å². The van der Waals surface area contributed by atoms with Crippen LogP contribution in [0.1, 0.15) is 39.0 Å². The number of hydrogen-bond donors (Lipinski definition) is 3. The largest absolute Gasteiger partial charge is 0.480 e. The van der Waals surface area contributed by atoms with Crippen molar-refractivity contribution in [1.29, 1.82) is 0 Å². The Hall–Kier alpha value is -0.660. The van der Waals surface area contributed by atoms with Crippen LogP contribution in [0.4, 0.5) is 0 Å². The Morgan fingerprint density at radius 2 is 1.88 bits per heavy atom. The summed E-state index contributed by atoms with van der Waals surface area (Å²) >= 11 is 0. The van der Waals surface area contributed by atoms with Crippen LogP contribution in [0, 0.1) is 0 Å². The fourth-order valence-electron chi connectivity index (χ4n) is 2.04. The standard InChI is InChI=1S/C10H19NO5S/c1-8(9(13)14)17(15,16)11-10(7-12)5-3-2-4-6-10/h8,11-12H,2-7H2,1H3,(H,13,14). The van der Waals surface area contributed by atoms with Gasteiger partial charge in [0.15, 0.2) is 5.25 Å². The van der Waals surface area contributed by atoms with Crippen molar-refractivity contribution in [3.8, 4) is 0 Å². The van der Waals surface area contributed by atoms with E-state index >= 15 is 0 Å². The lowest BCUT2D eigenvalue weighted by Crippen LogP contribution is -2.55. The van der Waals surface area contributed by atoms with Gasteiger partial charge in [0.05, 0.1) is 12.1 Å². The Morgan fingerprint density at radius 1 is 1.35 bits per heavy atom. The topological polar surface area (TPSA) is 104 Å². The second kappa shape index (κ2) is 5.32. The number of hydrogen-bond acceptors (Lipinski definition) is 4. The highest BCUT2D eigenvalue weighted by atomic mass is 32.2. The summed E-state index contributed by atoms with van der Waals surface area (Å²) in [7, 11) is -3.94. The summed E-state index contributed by atoms with van der Waals surface area (Å²) in [5.74, 6) is -1.39. The minimum atomic E-state index is -3.94. The number of nitrogens with one attached hydrogen (secondary N) is 1. The zero-order valence-corrected chi connectivity index (χ0v) is 10.7. The second-order valence-corrected chi connectivity index (χ2v) is 6.63. The van der Waals surface area contributed by atoms with Gasteiger partial charge in [0.1, 0.15) is 0 Å². The van der Waals surface area contributed by atoms with Crippen LogP contribution in [0.15, 0.2) is 0 Å². The van der Waals surface area contributed by atoms with Gasteiger partial charge in [-0.25, -0.2) is 13.1 Å². The van der Waals surface area contributed by atoms with Crippen LogP contribution in [-0.2, 0) is 14.8 Å². The molecule has 0 bridgehead atoms. The fraction of sp³-hybridized carbons (Fsp3) is 0.900. The van der Waals surface area contributed by atoms with Crippen LogP contribution < -0.4 is 4.72 Å². The Bertz CT molecular complexity index is 372. The van der Waals surface area contributed by atoms with Crippen LogP contribution in [0.25, 0.3) is 0 Å². The molecule has 17 heavy (non-hydrogen) atoms. The number of carbonyl (C=O) groups is 1. The van der Waals surface area contributed by atoms with E-state index < -0.39 is 26.8 Å². The molecule has 1 fully saturated rings. The molecule has 0 heterocycles. The van der Waals surface area contributed by atoms with Gasteiger partial charge in [-0.3, -0.25) is 4.79 Å². The summed E-state index contributed by atoms with van der Waals surface area (Å²) in [6, 6.07) is 0. The molecule has 0 aromatic carbocycles. The number of aliphatic carboxylic acids is 1. The molecule has 1 saturated carbocycles.